The van der Waals surface area contributed by atoms with E-state index in [0.717, 1.165) is 5.56 Å². The van der Waals surface area contributed by atoms with Gasteiger partial charge in [-0.05, 0) is 54.4 Å². The first-order valence-corrected chi connectivity index (χ1v) is 11.9. The van der Waals surface area contributed by atoms with Crippen molar-refractivity contribution in [2.24, 2.45) is 0 Å². The molecule has 3 aromatic rings. The second kappa shape index (κ2) is 9.91. The topological polar surface area (TPSA) is 93.7 Å². The number of hydrogen-bond donors (Lipinski definition) is 2. The van der Waals surface area contributed by atoms with Crippen molar-refractivity contribution < 1.29 is 27.1 Å². The first-order valence-electron chi connectivity index (χ1n) is 10.5. The molecule has 0 bridgehead atoms. The van der Waals surface area contributed by atoms with E-state index in [4.69, 9.17) is 9.47 Å². The predicted octanol–water partition coefficient (Wildman–Crippen LogP) is 3.76. The molecule has 0 saturated heterocycles. The van der Waals surface area contributed by atoms with E-state index in [9.17, 15) is 17.6 Å². The minimum Gasteiger partial charge on any atom is -0.490 e. The molecule has 1 heterocycles. The van der Waals surface area contributed by atoms with Crippen molar-refractivity contribution >= 4 is 21.6 Å². The highest BCUT2D eigenvalue weighted by molar-refractivity contribution is 7.92. The Kier molecular flexibility index (Phi) is 6.79. The van der Waals surface area contributed by atoms with Gasteiger partial charge >= 0.3 is 0 Å². The zero-order chi connectivity index (χ0) is 23.3. The third-order valence-electron chi connectivity index (χ3n) is 5.02. The number of nitrogens with one attached hydrogen (secondary N) is 2. The third kappa shape index (κ3) is 5.81. The van der Waals surface area contributed by atoms with E-state index < -0.39 is 10.0 Å². The molecular weight excluding hydrogens is 447 g/mol. The van der Waals surface area contributed by atoms with Crippen molar-refractivity contribution in [3.8, 4) is 11.5 Å². The Bertz CT molecular complexity index is 1250. The summed E-state index contributed by atoms with van der Waals surface area (Å²) in [5.41, 5.74) is 1.47. The van der Waals surface area contributed by atoms with Crippen LogP contribution in [0.15, 0.2) is 71.6 Å². The first kappa shape index (κ1) is 22.6. The monoisotopic (exact) mass is 470 g/mol. The number of carbonyl (C=O) groups is 1. The number of hydrogen-bond acceptors (Lipinski definition) is 5. The van der Waals surface area contributed by atoms with Crippen LogP contribution in [0.4, 0.5) is 10.1 Å². The lowest BCUT2D eigenvalue weighted by Gasteiger charge is -2.12. The van der Waals surface area contributed by atoms with Crippen molar-refractivity contribution in [3.63, 3.8) is 0 Å². The fourth-order valence-electron chi connectivity index (χ4n) is 3.32. The number of carbonyl (C=O) groups excluding carboxylic acids is 1. The smallest absolute Gasteiger partial charge is 0.262 e. The molecule has 7 nitrogen and oxygen atoms in total. The maximum absolute atomic E-state index is 13.0. The van der Waals surface area contributed by atoms with Gasteiger partial charge in [0.05, 0.1) is 18.1 Å². The highest BCUT2D eigenvalue weighted by atomic mass is 32.2. The molecule has 0 spiro atoms. The number of fused-ring (bicyclic) bond motifs is 1. The maximum Gasteiger partial charge on any atom is 0.262 e. The van der Waals surface area contributed by atoms with Crippen molar-refractivity contribution in [3.05, 3.63) is 83.7 Å². The van der Waals surface area contributed by atoms with Crippen LogP contribution in [0.5, 0.6) is 11.5 Å². The molecule has 4 rings (SSSR count). The van der Waals surface area contributed by atoms with Crippen LogP contribution in [0.1, 0.15) is 22.3 Å². The SMILES string of the molecule is O=C(NCCc1ccc(F)cc1)c1cccc(NS(=O)(=O)c2ccc3c(c2)OCCCO3)c1. The summed E-state index contributed by atoms with van der Waals surface area (Å²) in [6, 6.07) is 16.7. The Morgan fingerprint density at radius 2 is 1.70 bits per heavy atom. The molecule has 0 radical (unpaired) electrons. The molecule has 0 aliphatic carbocycles. The molecule has 1 aliphatic rings. The van der Waals surface area contributed by atoms with Gasteiger partial charge in [-0.1, -0.05) is 18.2 Å². The number of amides is 1. The van der Waals surface area contributed by atoms with Gasteiger partial charge in [-0.3, -0.25) is 9.52 Å². The fourth-order valence-corrected chi connectivity index (χ4v) is 4.39. The van der Waals surface area contributed by atoms with E-state index >= 15 is 0 Å². The van der Waals surface area contributed by atoms with Crippen LogP contribution in [0.2, 0.25) is 0 Å². The molecule has 0 atom stereocenters. The molecule has 0 fully saturated rings. The summed E-state index contributed by atoms with van der Waals surface area (Å²) in [5.74, 6) is 0.234. The second-order valence-electron chi connectivity index (χ2n) is 7.48. The molecule has 33 heavy (non-hydrogen) atoms. The summed E-state index contributed by atoms with van der Waals surface area (Å²) < 4.78 is 52.3. The zero-order valence-electron chi connectivity index (χ0n) is 17.7. The molecule has 1 aliphatic heterocycles. The van der Waals surface area contributed by atoms with Gasteiger partial charge in [0.15, 0.2) is 11.5 Å². The minimum atomic E-state index is -3.91. The lowest BCUT2D eigenvalue weighted by Crippen LogP contribution is -2.25. The Balaban J connectivity index is 1.41. The maximum atomic E-state index is 13.0. The molecule has 0 saturated carbocycles. The lowest BCUT2D eigenvalue weighted by molar-refractivity contribution is 0.0954. The average molecular weight is 471 g/mol. The van der Waals surface area contributed by atoms with Gasteiger partial charge in [0.1, 0.15) is 5.82 Å². The molecule has 0 unspecified atom stereocenters. The Labute approximate surface area is 191 Å². The van der Waals surface area contributed by atoms with E-state index in [-0.39, 0.29) is 22.3 Å². The van der Waals surface area contributed by atoms with Crippen molar-refractivity contribution in [1.82, 2.24) is 5.32 Å². The zero-order valence-corrected chi connectivity index (χ0v) is 18.5. The van der Waals surface area contributed by atoms with E-state index in [1.807, 2.05) is 0 Å². The highest BCUT2D eigenvalue weighted by Crippen LogP contribution is 2.32. The molecule has 3 aromatic carbocycles. The first-order chi connectivity index (χ1) is 15.9. The van der Waals surface area contributed by atoms with Crippen molar-refractivity contribution in [1.29, 1.82) is 0 Å². The van der Waals surface area contributed by atoms with E-state index in [0.29, 0.717) is 49.7 Å². The largest absolute Gasteiger partial charge is 0.490 e. The summed E-state index contributed by atoms with van der Waals surface area (Å²) in [4.78, 5) is 12.5. The van der Waals surface area contributed by atoms with Crippen molar-refractivity contribution in [2.75, 3.05) is 24.5 Å². The van der Waals surface area contributed by atoms with Gasteiger partial charge in [0.25, 0.3) is 15.9 Å². The number of halogens is 1. The molecule has 2 N–H and O–H groups in total. The summed E-state index contributed by atoms with van der Waals surface area (Å²) in [5, 5.41) is 2.78. The molecule has 9 heteroatoms. The average Bonchev–Trinajstić information content (AvgIpc) is 3.05. The number of sulfonamides is 1. The van der Waals surface area contributed by atoms with E-state index in [1.165, 1.54) is 30.3 Å². The van der Waals surface area contributed by atoms with E-state index in [1.54, 1.807) is 36.4 Å². The molecule has 172 valence electrons. The number of ether oxygens (including phenoxy) is 2. The molecular formula is C24H23FN2O5S. The van der Waals surface area contributed by atoms with Gasteiger partial charge in [0.2, 0.25) is 0 Å². The normalized spacial score (nSPS) is 13.1. The molecule has 0 aromatic heterocycles. The van der Waals surface area contributed by atoms with Crippen LogP contribution in [-0.2, 0) is 16.4 Å². The van der Waals surface area contributed by atoms with Crippen LogP contribution in [-0.4, -0.2) is 34.1 Å². The number of benzene rings is 3. The summed E-state index contributed by atoms with van der Waals surface area (Å²) >= 11 is 0. The quantitative estimate of drug-likeness (QED) is 0.549. The molecule has 1 amide bonds. The van der Waals surface area contributed by atoms with Gasteiger partial charge in [-0.15, -0.1) is 0 Å². The predicted molar refractivity (Wildman–Crippen MR) is 122 cm³/mol. The summed E-state index contributed by atoms with van der Waals surface area (Å²) in [6.07, 6.45) is 1.26. The number of anilines is 1. The van der Waals surface area contributed by atoms with E-state index in [2.05, 4.69) is 10.0 Å². The number of rotatable bonds is 7. The Hall–Kier alpha value is -3.59. The third-order valence-corrected chi connectivity index (χ3v) is 6.40. The van der Waals surface area contributed by atoms with Crippen LogP contribution in [0, 0.1) is 5.82 Å². The summed E-state index contributed by atoms with van der Waals surface area (Å²) in [6.45, 7) is 1.32. The van der Waals surface area contributed by atoms with Gasteiger partial charge in [-0.25, -0.2) is 12.8 Å². The van der Waals surface area contributed by atoms with Crippen molar-refractivity contribution in [2.45, 2.75) is 17.7 Å². The van der Waals surface area contributed by atoms with Crippen LogP contribution in [0.25, 0.3) is 0 Å². The van der Waals surface area contributed by atoms with Crippen LogP contribution < -0.4 is 19.5 Å². The van der Waals surface area contributed by atoms with Gasteiger partial charge < -0.3 is 14.8 Å². The Morgan fingerprint density at radius 1 is 0.939 bits per heavy atom. The lowest BCUT2D eigenvalue weighted by atomic mass is 10.1. The highest BCUT2D eigenvalue weighted by Gasteiger charge is 2.19. The minimum absolute atomic E-state index is 0.0286. The second-order valence-corrected chi connectivity index (χ2v) is 9.16. The van der Waals surface area contributed by atoms with Crippen LogP contribution in [0.3, 0.4) is 0 Å². The van der Waals surface area contributed by atoms with Gasteiger partial charge in [0, 0.05) is 30.3 Å². The fraction of sp³-hybridized carbons (Fsp3) is 0.208. The van der Waals surface area contributed by atoms with Crippen LogP contribution >= 0.6 is 0 Å². The Morgan fingerprint density at radius 3 is 2.48 bits per heavy atom. The standard InChI is InChI=1S/C24H23FN2O5S/c25-19-7-5-17(6-8-19)11-12-26-24(28)18-3-1-4-20(15-18)27-33(29,30)21-9-10-22-23(16-21)32-14-2-13-31-22/h1,3-10,15-16,27H,2,11-14H2,(H,26,28). The van der Waals surface area contributed by atoms with Gasteiger partial charge in [-0.2, -0.15) is 0 Å². The summed E-state index contributed by atoms with van der Waals surface area (Å²) in [7, 11) is -3.91.